The van der Waals surface area contributed by atoms with Gasteiger partial charge in [-0.15, -0.1) is 0 Å². The molecule has 0 aliphatic carbocycles. The van der Waals surface area contributed by atoms with E-state index in [1.807, 2.05) is 38.2 Å². The Balaban J connectivity index is 2.15. The summed E-state index contributed by atoms with van der Waals surface area (Å²) >= 11 is 6.08. The van der Waals surface area contributed by atoms with Crippen molar-refractivity contribution in [2.75, 3.05) is 23.8 Å². The fourth-order valence-corrected chi connectivity index (χ4v) is 2.41. The molecule has 0 saturated heterocycles. The molecule has 0 aliphatic rings. The van der Waals surface area contributed by atoms with Crippen LogP contribution in [0.2, 0.25) is 5.02 Å². The lowest BCUT2D eigenvalue weighted by Crippen LogP contribution is -2.20. The highest BCUT2D eigenvalue weighted by Gasteiger charge is 2.12. The number of hydrogen-bond acceptors (Lipinski definition) is 3. The number of halogens is 1. The Morgan fingerprint density at radius 1 is 1.35 bits per heavy atom. The number of aromatic nitrogens is 1. The number of amides is 1. The molecule has 122 valence electrons. The fourth-order valence-electron chi connectivity index (χ4n) is 2.23. The summed E-state index contributed by atoms with van der Waals surface area (Å²) in [6, 6.07) is 9.17. The van der Waals surface area contributed by atoms with Crippen molar-refractivity contribution < 1.29 is 4.79 Å². The van der Waals surface area contributed by atoms with Gasteiger partial charge < -0.3 is 10.2 Å². The third-order valence-electron chi connectivity index (χ3n) is 3.78. The van der Waals surface area contributed by atoms with E-state index in [1.54, 1.807) is 12.3 Å². The molecule has 1 amide bonds. The normalized spacial score (nSPS) is 10.4. The van der Waals surface area contributed by atoms with E-state index in [1.165, 1.54) is 0 Å². The van der Waals surface area contributed by atoms with Crippen LogP contribution in [0.5, 0.6) is 0 Å². The van der Waals surface area contributed by atoms with Gasteiger partial charge in [0.05, 0.1) is 0 Å². The second-order valence-corrected chi connectivity index (χ2v) is 5.95. The van der Waals surface area contributed by atoms with E-state index in [0.717, 1.165) is 30.6 Å². The number of nitrogens with one attached hydrogen (secondary N) is 1. The van der Waals surface area contributed by atoms with E-state index in [4.69, 9.17) is 11.6 Å². The summed E-state index contributed by atoms with van der Waals surface area (Å²) in [6.45, 7) is 4.99. The van der Waals surface area contributed by atoms with Crippen molar-refractivity contribution in [1.82, 2.24) is 4.98 Å². The summed E-state index contributed by atoms with van der Waals surface area (Å²) in [5, 5.41) is 3.50. The monoisotopic (exact) mass is 331 g/mol. The van der Waals surface area contributed by atoms with Gasteiger partial charge in [0, 0.05) is 36.2 Å². The van der Waals surface area contributed by atoms with Crippen molar-refractivity contribution in [3.8, 4) is 0 Å². The Hall–Kier alpha value is -2.07. The number of carbonyl (C=O) groups excluding carboxylic acids is 1. The van der Waals surface area contributed by atoms with E-state index >= 15 is 0 Å². The highest BCUT2D eigenvalue weighted by Crippen LogP contribution is 2.23. The molecule has 1 aromatic heterocycles. The van der Waals surface area contributed by atoms with Gasteiger partial charge in [-0.05, 0) is 43.2 Å². The van der Waals surface area contributed by atoms with Crippen LogP contribution in [0.1, 0.15) is 35.8 Å². The molecule has 0 saturated carbocycles. The van der Waals surface area contributed by atoms with Gasteiger partial charge in [-0.3, -0.25) is 9.78 Å². The van der Waals surface area contributed by atoms with Crippen molar-refractivity contribution in [3.05, 3.63) is 52.8 Å². The van der Waals surface area contributed by atoms with E-state index in [-0.39, 0.29) is 5.91 Å². The Labute approximate surface area is 142 Å². The van der Waals surface area contributed by atoms with Gasteiger partial charge in [0.2, 0.25) is 0 Å². The average Bonchev–Trinajstić information content (AvgIpc) is 2.57. The molecule has 5 heteroatoms. The summed E-state index contributed by atoms with van der Waals surface area (Å²) in [5.74, 6) is -0.235. The zero-order chi connectivity index (χ0) is 16.8. The molecule has 23 heavy (non-hydrogen) atoms. The van der Waals surface area contributed by atoms with Crippen LogP contribution in [0.3, 0.4) is 0 Å². The second kappa shape index (κ2) is 7.97. The topological polar surface area (TPSA) is 45.2 Å². The molecule has 0 bridgehead atoms. The number of anilines is 2. The van der Waals surface area contributed by atoms with E-state index < -0.39 is 0 Å². The van der Waals surface area contributed by atoms with Crippen molar-refractivity contribution in [3.63, 3.8) is 0 Å². The minimum Gasteiger partial charge on any atom is -0.374 e. The standard InChI is InChI=1S/C18H22ClN3O/c1-4-5-11-22(3)14-9-10-20-17(12-14)18(23)21-16-8-6-7-15(19)13(16)2/h6-10,12H,4-5,11H2,1-3H3,(H,21,23). The Kier molecular flexibility index (Phi) is 5.99. The van der Waals surface area contributed by atoms with Crippen LogP contribution in [0, 0.1) is 6.92 Å². The minimum absolute atomic E-state index is 0.235. The fraction of sp³-hybridized carbons (Fsp3) is 0.333. The molecule has 2 rings (SSSR count). The minimum atomic E-state index is -0.235. The van der Waals surface area contributed by atoms with Gasteiger partial charge in [0.15, 0.2) is 0 Å². The number of unbranched alkanes of at least 4 members (excludes halogenated alkanes) is 1. The van der Waals surface area contributed by atoms with Gasteiger partial charge in [0.1, 0.15) is 5.69 Å². The van der Waals surface area contributed by atoms with Crippen LogP contribution in [-0.2, 0) is 0 Å². The van der Waals surface area contributed by atoms with Crippen molar-refractivity contribution in [2.24, 2.45) is 0 Å². The third kappa shape index (κ3) is 4.45. The van der Waals surface area contributed by atoms with Crippen LogP contribution in [0.4, 0.5) is 11.4 Å². The molecule has 1 N–H and O–H groups in total. The van der Waals surface area contributed by atoms with Crippen LogP contribution >= 0.6 is 11.6 Å². The number of carbonyl (C=O) groups is 1. The predicted octanol–water partition coefficient (Wildman–Crippen LogP) is 4.53. The summed E-state index contributed by atoms with van der Waals surface area (Å²) in [7, 11) is 2.02. The van der Waals surface area contributed by atoms with Crippen LogP contribution in [0.15, 0.2) is 36.5 Å². The van der Waals surface area contributed by atoms with Crippen molar-refractivity contribution in [2.45, 2.75) is 26.7 Å². The molecule has 1 heterocycles. The summed E-state index contributed by atoms with van der Waals surface area (Å²) in [6.07, 6.45) is 3.91. The zero-order valence-corrected chi connectivity index (χ0v) is 14.5. The number of nitrogens with zero attached hydrogens (tertiary/aromatic N) is 2. The van der Waals surface area contributed by atoms with Gasteiger partial charge in [-0.1, -0.05) is 31.0 Å². The quantitative estimate of drug-likeness (QED) is 0.845. The molecular formula is C18H22ClN3O. The van der Waals surface area contributed by atoms with Gasteiger partial charge >= 0.3 is 0 Å². The molecule has 0 spiro atoms. The van der Waals surface area contributed by atoms with Crippen molar-refractivity contribution in [1.29, 1.82) is 0 Å². The summed E-state index contributed by atoms with van der Waals surface area (Å²) < 4.78 is 0. The zero-order valence-electron chi connectivity index (χ0n) is 13.8. The maximum Gasteiger partial charge on any atom is 0.274 e. The number of rotatable bonds is 6. The first-order valence-corrected chi connectivity index (χ1v) is 8.14. The van der Waals surface area contributed by atoms with E-state index in [9.17, 15) is 4.79 Å². The Morgan fingerprint density at radius 3 is 2.87 bits per heavy atom. The largest absolute Gasteiger partial charge is 0.374 e. The molecule has 1 aromatic carbocycles. The van der Waals surface area contributed by atoms with E-state index in [0.29, 0.717) is 16.4 Å². The van der Waals surface area contributed by atoms with Crippen molar-refractivity contribution >= 4 is 28.9 Å². The van der Waals surface area contributed by atoms with E-state index in [2.05, 4.69) is 22.1 Å². The predicted molar refractivity (Wildman–Crippen MR) is 96.6 cm³/mol. The first-order valence-electron chi connectivity index (χ1n) is 7.76. The van der Waals surface area contributed by atoms with Gasteiger partial charge in [-0.2, -0.15) is 0 Å². The molecule has 0 fully saturated rings. The summed E-state index contributed by atoms with van der Waals surface area (Å²) in [4.78, 5) is 18.7. The van der Waals surface area contributed by atoms with Gasteiger partial charge in [0.25, 0.3) is 5.91 Å². The van der Waals surface area contributed by atoms with Crippen LogP contribution in [0.25, 0.3) is 0 Å². The van der Waals surface area contributed by atoms with Crippen LogP contribution in [-0.4, -0.2) is 24.5 Å². The summed E-state index contributed by atoms with van der Waals surface area (Å²) in [5.41, 5.74) is 2.93. The molecule has 0 radical (unpaired) electrons. The molecule has 4 nitrogen and oxygen atoms in total. The maximum absolute atomic E-state index is 12.4. The van der Waals surface area contributed by atoms with Crippen LogP contribution < -0.4 is 10.2 Å². The Morgan fingerprint density at radius 2 is 2.13 bits per heavy atom. The SMILES string of the molecule is CCCCN(C)c1ccnc(C(=O)Nc2cccc(Cl)c2C)c1. The smallest absolute Gasteiger partial charge is 0.274 e. The third-order valence-corrected chi connectivity index (χ3v) is 4.19. The average molecular weight is 332 g/mol. The van der Waals surface area contributed by atoms with Gasteiger partial charge in [-0.25, -0.2) is 0 Å². The molecule has 0 aliphatic heterocycles. The lowest BCUT2D eigenvalue weighted by atomic mass is 10.2. The number of hydrogen-bond donors (Lipinski definition) is 1. The highest BCUT2D eigenvalue weighted by atomic mass is 35.5. The maximum atomic E-state index is 12.4. The lowest BCUT2D eigenvalue weighted by Gasteiger charge is -2.19. The first-order chi connectivity index (χ1) is 11.0. The number of pyridine rings is 1. The first kappa shape index (κ1) is 17.3. The lowest BCUT2D eigenvalue weighted by molar-refractivity contribution is 0.102. The molecule has 0 unspecified atom stereocenters. The molecule has 2 aromatic rings. The molecular weight excluding hydrogens is 310 g/mol. The highest BCUT2D eigenvalue weighted by molar-refractivity contribution is 6.31. The molecule has 0 atom stereocenters. The second-order valence-electron chi connectivity index (χ2n) is 5.54. The number of benzene rings is 1. The Bertz CT molecular complexity index is 688.